The van der Waals surface area contributed by atoms with Crippen LogP contribution in [0.3, 0.4) is 0 Å². The Morgan fingerprint density at radius 3 is 2.36 bits per heavy atom. The maximum absolute atomic E-state index is 6.01. The SMILES string of the molecule is CCc1c(Cl)ncnc1N(CC)CC. The van der Waals surface area contributed by atoms with Gasteiger partial charge in [-0.3, -0.25) is 0 Å². The summed E-state index contributed by atoms with van der Waals surface area (Å²) in [6.07, 6.45) is 2.39. The lowest BCUT2D eigenvalue weighted by Crippen LogP contribution is -2.24. The molecule has 14 heavy (non-hydrogen) atoms. The Morgan fingerprint density at radius 1 is 1.21 bits per heavy atom. The molecule has 4 heteroatoms. The molecular weight excluding hydrogens is 198 g/mol. The van der Waals surface area contributed by atoms with Gasteiger partial charge in [0.15, 0.2) is 0 Å². The molecule has 0 fully saturated rings. The third kappa shape index (κ3) is 2.15. The maximum atomic E-state index is 6.01. The van der Waals surface area contributed by atoms with E-state index in [1.165, 1.54) is 6.33 Å². The number of hydrogen-bond donors (Lipinski definition) is 0. The average Bonchev–Trinajstić information content (AvgIpc) is 2.20. The second kappa shape index (κ2) is 5.15. The zero-order chi connectivity index (χ0) is 10.6. The Kier molecular flexibility index (Phi) is 4.14. The van der Waals surface area contributed by atoms with Crippen LogP contribution in [-0.4, -0.2) is 23.1 Å². The van der Waals surface area contributed by atoms with Crippen LogP contribution in [0.2, 0.25) is 5.15 Å². The minimum Gasteiger partial charge on any atom is -0.357 e. The summed E-state index contributed by atoms with van der Waals surface area (Å²) in [4.78, 5) is 10.5. The van der Waals surface area contributed by atoms with Crippen LogP contribution in [0, 0.1) is 0 Å². The van der Waals surface area contributed by atoms with Gasteiger partial charge in [-0.05, 0) is 20.3 Å². The highest BCUT2D eigenvalue weighted by Crippen LogP contribution is 2.23. The summed E-state index contributed by atoms with van der Waals surface area (Å²) in [5, 5.41) is 0.574. The van der Waals surface area contributed by atoms with Gasteiger partial charge >= 0.3 is 0 Å². The van der Waals surface area contributed by atoms with Crippen LogP contribution in [0.25, 0.3) is 0 Å². The lowest BCUT2D eigenvalue weighted by molar-refractivity contribution is 0.827. The largest absolute Gasteiger partial charge is 0.357 e. The number of aromatic nitrogens is 2. The fourth-order valence-corrected chi connectivity index (χ4v) is 1.74. The van der Waals surface area contributed by atoms with Crippen LogP contribution in [0.1, 0.15) is 26.3 Å². The van der Waals surface area contributed by atoms with E-state index in [9.17, 15) is 0 Å². The highest BCUT2D eigenvalue weighted by Gasteiger charge is 2.11. The first kappa shape index (κ1) is 11.2. The Labute approximate surface area is 90.1 Å². The molecule has 1 rings (SSSR count). The van der Waals surface area contributed by atoms with Crippen molar-refractivity contribution in [2.75, 3.05) is 18.0 Å². The highest BCUT2D eigenvalue weighted by molar-refractivity contribution is 6.30. The van der Waals surface area contributed by atoms with Gasteiger partial charge in [0.2, 0.25) is 0 Å². The average molecular weight is 214 g/mol. The molecule has 0 saturated carbocycles. The normalized spacial score (nSPS) is 10.3. The van der Waals surface area contributed by atoms with Crippen molar-refractivity contribution in [3.8, 4) is 0 Å². The maximum Gasteiger partial charge on any atom is 0.137 e. The third-order valence-corrected chi connectivity index (χ3v) is 2.61. The molecule has 0 saturated heterocycles. The minimum atomic E-state index is 0.574. The van der Waals surface area contributed by atoms with E-state index in [0.29, 0.717) is 5.15 Å². The molecule has 3 nitrogen and oxygen atoms in total. The molecule has 0 amide bonds. The third-order valence-electron chi connectivity index (χ3n) is 2.29. The summed E-state index contributed by atoms with van der Waals surface area (Å²) < 4.78 is 0. The van der Waals surface area contributed by atoms with Crippen molar-refractivity contribution in [2.24, 2.45) is 0 Å². The van der Waals surface area contributed by atoms with Crippen molar-refractivity contribution in [1.29, 1.82) is 0 Å². The van der Waals surface area contributed by atoms with E-state index in [1.54, 1.807) is 0 Å². The predicted octanol–water partition coefficient (Wildman–Crippen LogP) is 2.54. The van der Waals surface area contributed by atoms with Gasteiger partial charge in [-0.25, -0.2) is 9.97 Å². The molecule has 0 bridgehead atoms. The van der Waals surface area contributed by atoms with Crippen LogP contribution in [0.15, 0.2) is 6.33 Å². The van der Waals surface area contributed by atoms with E-state index in [2.05, 4.69) is 35.6 Å². The Hall–Kier alpha value is -0.830. The molecule has 0 spiro atoms. The van der Waals surface area contributed by atoms with E-state index in [-0.39, 0.29) is 0 Å². The van der Waals surface area contributed by atoms with Crippen LogP contribution in [-0.2, 0) is 6.42 Å². The molecule has 0 unspecified atom stereocenters. The molecule has 0 N–H and O–H groups in total. The van der Waals surface area contributed by atoms with Crippen molar-refractivity contribution in [3.05, 3.63) is 17.0 Å². The molecular formula is C10H16ClN3. The van der Waals surface area contributed by atoms with Crippen molar-refractivity contribution >= 4 is 17.4 Å². The first-order chi connectivity index (χ1) is 6.74. The molecule has 0 aliphatic carbocycles. The van der Waals surface area contributed by atoms with Gasteiger partial charge in [0, 0.05) is 18.7 Å². The summed E-state index contributed by atoms with van der Waals surface area (Å²) in [7, 11) is 0. The van der Waals surface area contributed by atoms with E-state index >= 15 is 0 Å². The number of nitrogens with zero attached hydrogens (tertiary/aromatic N) is 3. The van der Waals surface area contributed by atoms with E-state index in [0.717, 1.165) is 30.9 Å². The number of rotatable bonds is 4. The number of anilines is 1. The fourth-order valence-electron chi connectivity index (χ4n) is 1.48. The summed E-state index contributed by atoms with van der Waals surface area (Å²) in [5.74, 6) is 0.970. The van der Waals surface area contributed by atoms with Crippen LogP contribution < -0.4 is 4.90 Å². The van der Waals surface area contributed by atoms with Crippen molar-refractivity contribution in [3.63, 3.8) is 0 Å². The van der Waals surface area contributed by atoms with Gasteiger partial charge in [-0.15, -0.1) is 0 Å². The molecule has 0 aromatic carbocycles. The van der Waals surface area contributed by atoms with E-state index in [4.69, 9.17) is 11.6 Å². The van der Waals surface area contributed by atoms with Crippen LogP contribution in [0.4, 0.5) is 5.82 Å². The number of hydrogen-bond acceptors (Lipinski definition) is 3. The molecule has 0 atom stereocenters. The van der Waals surface area contributed by atoms with Gasteiger partial charge in [-0.2, -0.15) is 0 Å². The van der Waals surface area contributed by atoms with E-state index in [1.807, 2.05) is 0 Å². The quantitative estimate of drug-likeness (QED) is 0.720. The van der Waals surface area contributed by atoms with Gasteiger partial charge < -0.3 is 4.90 Å². The topological polar surface area (TPSA) is 29.0 Å². The van der Waals surface area contributed by atoms with Gasteiger partial charge in [0.1, 0.15) is 17.3 Å². The predicted molar refractivity (Wildman–Crippen MR) is 60.0 cm³/mol. The highest BCUT2D eigenvalue weighted by atomic mass is 35.5. The zero-order valence-electron chi connectivity index (χ0n) is 8.92. The van der Waals surface area contributed by atoms with Gasteiger partial charge in [-0.1, -0.05) is 18.5 Å². The molecule has 1 aromatic heterocycles. The zero-order valence-corrected chi connectivity index (χ0v) is 9.67. The summed E-state index contributed by atoms with van der Waals surface area (Å²) in [6.45, 7) is 8.17. The molecule has 1 aromatic rings. The fraction of sp³-hybridized carbons (Fsp3) is 0.600. The van der Waals surface area contributed by atoms with Crippen LogP contribution in [0.5, 0.6) is 0 Å². The van der Waals surface area contributed by atoms with Gasteiger partial charge in [0.05, 0.1) is 0 Å². The summed E-state index contributed by atoms with van der Waals surface area (Å²) in [5.41, 5.74) is 1.04. The van der Waals surface area contributed by atoms with Crippen molar-refractivity contribution in [1.82, 2.24) is 9.97 Å². The summed E-state index contributed by atoms with van der Waals surface area (Å²) >= 11 is 6.01. The smallest absolute Gasteiger partial charge is 0.137 e. The molecule has 0 aliphatic rings. The lowest BCUT2D eigenvalue weighted by atomic mass is 10.2. The van der Waals surface area contributed by atoms with Crippen molar-refractivity contribution in [2.45, 2.75) is 27.2 Å². The first-order valence-electron chi connectivity index (χ1n) is 4.98. The Balaban J connectivity index is 3.11. The number of halogens is 1. The second-order valence-corrected chi connectivity index (χ2v) is 3.35. The first-order valence-corrected chi connectivity index (χ1v) is 5.36. The van der Waals surface area contributed by atoms with Crippen molar-refractivity contribution < 1.29 is 0 Å². The molecule has 1 heterocycles. The standard InChI is InChI=1S/C10H16ClN3/c1-4-8-9(11)12-7-13-10(8)14(5-2)6-3/h7H,4-6H2,1-3H3. The van der Waals surface area contributed by atoms with Gasteiger partial charge in [0.25, 0.3) is 0 Å². The minimum absolute atomic E-state index is 0.574. The lowest BCUT2D eigenvalue weighted by Gasteiger charge is -2.22. The molecule has 0 radical (unpaired) electrons. The Bertz CT molecular complexity index is 297. The van der Waals surface area contributed by atoms with E-state index < -0.39 is 0 Å². The Morgan fingerprint density at radius 2 is 1.86 bits per heavy atom. The monoisotopic (exact) mass is 213 g/mol. The molecule has 0 aliphatic heterocycles. The van der Waals surface area contributed by atoms with Crippen LogP contribution >= 0.6 is 11.6 Å². The summed E-state index contributed by atoms with van der Waals surface area (Å²) in [6, 6.07) is 0. The second-order valence-electron chi connectivity index (χ2n) is 2.99. The molecule has 78 valence electrons.